The predicted molar refractivity (Wildman–Crippen MR) is 288 cm³/mol. The van der Waals surface area contributed by atoms with Crippen molar-refractivity contribution in [3.05, 3.63) is 278 Å². The first kappa shape index (κ1) is 40.8. The van der Waals surface area contributed by atoms with E-state index in [4.69, 9.17) is 0 Å². The molecule has 0 saturated carbocycles. The van der Waals surface area contributed by atoms with E-state index in [1.54, 1.807) is 0 Å². The number of rotatable bonds is 11. The molecule has 0 radical (unpaired) electrons. The molecule has 2 nitrogen and oxygen atoms in total. The summed E-state index contributed by atoms with van der Waals surface area (Å²) in [4.78, 5) is 4.71. The second-order valence-electron chi connectivity index (χ2n) is 17.7. The lowest BCUT2D eigenvalue weighted by molar-refractivity contribution is 0.840. The number of fused-ring (bicyclic) bond motifs is 2. The highest BCUT2D eigenvalue weighted by molar-refractivity contribution is 5.90. The quantitative estimate of drug-likeness (QED) is 0.128. The lowest BCUT2D eigenvalue weighted by Gasteiger charge is -2.26. The standard InChI is InChI=1S/C66H48N2/c1-3-10-47(11-4-1)50-22-33-61(34-23-50)67(62-35-24-51(25-36-62)48-12-5-2-6-13-48)63-37-26-53(27-38-63)56-16-9-17-57(44-56)54-28-39-64(40-29-54)68(66-43-32-49-14-7-8-15-58(49)46-66)65-41-30-55(31-42-65)60-21-19-52-18-20-59(52)45-60/h1-17,19,21-46H,18,20H2. The van der Waals surface area contributed by atoms with Crippen LogP contribution in [0.25, 0.3) is 66.4 Å². The van der Waals surface area contributed by atoms with Gasteiger partial charge in [0.2, 0.25) is 0 Å². The van der Waals surface area contributed by atoms with Crippen molar-refractivity contribution in [2.45, 2.75) is 12.8 Å². The van der Waals surface area contributed by atoms with Crippen LogP contribution in [-0.2, 0) is 12.8 Å². The molecule has 322 valence electrons. The highest BCUT2D eigenvalue weighted by Gasteiger charge is 2.18. The summed E-state index contributed by atoms with van der Waals surface area (Å²) in [7, 11) is 0. The van der Waals surface area contributed by atoms with Gasteiger partial charge in [0, 0.05) is 34.1 Å². The fourth-order valence-corrected chi connectivity index (χ4v) is 9.74. The first-order valence-electron chi connectivity index (χ1n) is 23.6. The normalized spacial score (nSPS) is 11.7. The lowest BCUT2D eigenvalue weighted by Crippen LogP contribution is -2.10. The molecule has 0 unspecified atom stereocenters. The van der Waals surface area contributed by atoms with E-state index in [9.17, 15) is 0 Å². The van der Waals surface area contributed by atoms with Gasteiger partial charge in [-0.1, -0.05) is 188 Å². The van der Waals surface area contributed by atoms with Gasteiger partial charge >= 0.3 is 0 Å². The predicted octanol–water partition coefficient (Wildman–Crippen LogP) is 18.2. The molecule has 1 aliphatic rings. The monoisotopic (exact) mass is 868 g/mol. The molecule has 0 aromatic heterocycles. The SMILES string of the molecule is c1ccc(-c2ccc(N(c3ccc(-c4ccccc4)cc3)c3ccc(-c4cccc(-c5ccc(N(c6ccc(-c7ccc8c(c7)CC8)cc6)c6ccc7ccccc7c6)cc5)c4)cc3)cc2)cc1. The molecular weight excluding hydrogens is 821 g/mol. The van der Waals surface area contributed by atoms with E-state index in [0.29, 0.717) is 0 Å². The number of nitrogens with zero attached hydrogens (tertiary/aromatic N) is 2. The molecule has 0 N–H and O–H groups in total. The van der Waals surface area contributed by atoms with Crippen molar-refractivity contribution in [3.63, 3.8) is 0 Å². The molecule has 0 atom stereocenters. The minimum absolute atomic E-state index is 1.10. The van der Waals surface area contributed by atoms with Gasteiger partial charge in [-0.05, 0) is 169 Å². The van der Waals surface area contributed by atoms with Gasteiger partial charge < -0.3 is 9.80 Å². The summed E-state index contributed by atoms with van der Waals surface area (Å²) in [6.07, 6.45) is 2.38. The number of benzene rings is 11. The van der Waals surface area contributed by atoms with Crippen molar-refractivity contribution < 1.29 is 0 Å². The van der Waals surface area contributed by atoms with Crippen LogP contribution in [0.15, 0.2) is 267 Å². The van der Waals surface area contributed by atoms with E-state index in [2.05, 4.69) is 277 Å². The minimum Gasteiger partial charge on any atom is -0.311 e. The molecule has 1 aliphatic carbocycles. The lowest BCUT2D eigenvalue weighted by atomic mass is 9.86. The molecule has 11 aromatic rings. The first-order valence-corrected chi connectivity index (χ1v) is 23.6. The van der Waals surface area contributed by atoms with E-state index in [1.165, 1.54) is 90.4 Å². The van der Waals surface area contributed by atoms with Crippen LogP contribution in [0.5, 0.6) is 0 Å². The van der Waals surface area contributed by atoms with Gasteiger partial charge in [0.25, 0.3) is 0 Å². The fourth-order valence-electron chi connectivity index (χ4n) is 9.74. The fraction of sp³-hybridized carbons (Fsp3) is 0.0303. The van der Waals surface area contributed by atoms with Crippen molar-refractivity contribution in [2.75, 3.05) is 9.80 Å². The molecule has 0 heterocycles. The molecule has 0 amide bonds. The van der Waals surface area contributed by atoms with Gasteiger partial charge in [0.15, 0.2) is 0 Å². The van der Waals surface area contributed by atoms with Crippen molar-refractivity contribution >= 4 is 44.9 Å². The van der Waals surface area contributed by atoms with Crippen molar-refractivity contribution in [2.24, 2.45) is 0 Å². The maximum atomic E-state index is 2.37. The van der Waals surface area contributed by atoms with Crippen LogP contribution in [0.3, 0.4) is 0 Å². The first-order chi connectivity index (χ1) is 33.7. The molecule has 0 fully saturated rings. The highest BCUT2D eigenvalue weighted by atomic mass is 15.1. The van der Waals surface area contributed by atoms with E-state index < -0.39 is 0 Å². The Labute approximate surface area is 399 Å². The van der Waals surface area contributed by atoms with Crippen molar-refractivity contribution in [3.8, 4) is 55.6 Å². The smallest absolute Gasteiger partial charge is 0.0468 e. The number of aryl methyl sites for hydroxylation is 2. The molecule has 2 heteroatoms. The Morgan fingerprint density at radius 1 is 0.191 bits per heavy atom. The molecule has 0 spiro atoms. The average molecular weight is 869 g/mol. The Morgan fingerprint density at radius 2 is 0.515 bits per heavy atom. The van der Waals surface area contributed by atoms with Gasteiger partial charge in [0.1, 0.15) is 0 Å². The van der Waals surface area contributed by atoms with Gasteiger partial charge in [-0.15, -0.1) is 0 Å². The molecule has 11 aromatic carbocycles. The average Bonchev–Trinajstić information content (AvgIpc) is 3.41. The zero-order valence-corrected chi connectivity index (χ0v) is 37.7. The molecule has 12 rings (SSSR count). The molecule has 68 heavy (non-hydrogen) atoms. The number of hydrogen-bond donors (Lipinski definition) is 0. The minimum atomic E-state index is 1.10. The third-order valence-electron chi connectivity index (χ3n) is 13.6. The second-order valence-corrected chi connectivity index (χ2v) is 17.7. The van der Waals surface area contributed by atoms with E-state index in [-0.39, 0.29) is 0 Å². The summed E-state index contributed by atoms with van der Waals surface area (Å²) < 4.78 is 0. The molecule has 0 saturated heterocycles. The van der Waals surface area contributed by atoms with Gasteiger partial charge in [-0.3, -0.25) is 0 Å². The maximum absolute atomic E-state index is 2.37. The topological polar surface area (TPSA) is 6.48 Å². The van der Waals surface area contributed by atoms with Crippen molar-refractivity contribution in [1.82, 2.24) is 0 Å². The Kier molecular flexibility index (Phi) is 10.7. The number of anilines is 6. The largest absolute Gasteiger partial charge is 0.311 e. The van der Waals surface area contributed by atoms with Crippen molar-refractivity contribution in [1.29, 1.82) is 0 Å². The van der Waals surface area contributed by atoms with Gasteiger partial charge in [0.05, 0.1) is 0 Å². The van der Waals surface area contributed by atoms with Crippen LogP contribution in [0, 0.1) is 0 Å². The van der Waals surface area contributed by atoms with Crippen LogP contribution >= 0.6 is 0 Å². The highest BCUT2D eigenvalue weighted by Crippen LogP contribution is 2.41. The third kappa shape index (κ3) is 8.14. The van der Waals surface area contributed by atoms with Crippen LogP contribution in [0.4, 0.5) is 34.1 Å². The van der Waals surface area contributed by atoms with Gasteiger partial charge in [-0.25, -0.2) is 0 Å². The Morgan fingerprint density at radius 3 is 0.941 bits per heavy atom. The Balaban J connectivity index is 0.837. The summed E-state index contributed by atoms with van der Waals surface area (Å²) in [5.41, 5.74) is 21.7. The Bertz CT molecular complexity index is 3420. The summed E-state index contributed by atoms with van der Waals surface area (Å²) in [5, 5.41) is 2.45. The van der Waals surface area contributed by atoms with E-state index in [0.717, 1.165) is 34.1 Å². The zero-order valence-electron chi connectivity index (χ0n) is 37.7. The van der Waals surface area contributed by atoms with E-state index in [1.807, 2.05) is 0 Å². The van der Waals surface area contributed by atoms with Crippen LogP contribution in [0.2, 0.25) is 0 Å². The van der Waals surface area contributed by atoms with Gasteiger partial charge in [-0.2, -0.15) is 0 Å². The maximum Gasteiger partial charge on any atom is 0.0468 e. The van der Waals surface area contributed by atoms with E-state index >= 15 is 0 Å². The molecule has 0 bridgehead atoms. The second kappa shape index (κ2) is 17.9. The number of hydrogen-bond acceptors (Lipinski definition) is 2. The molecular formula is C66H48N2. The summed E-state index contributed by atoms with van der Waals surface area (Å²) in [6.45, 7) is 0. The summed E-state index contributed by atoms with van der Waals surface area (Å²) in [5.74, 6) is 0. The van der Waals surface area contributed by atoms with Crippen LogP contribution in [-0.4, -0.2) is 0 Å². The summed E-state index contributed by atoms with van der Waals surface area (Å²) >= 11 is 0. The zero-order chi connectivity index (χ0) is 45.2. The molecule has 0 aliphatic heterocycles. The van der Waals surface area contributed by atoms with Crippen LogP contribution in [0.1, 0.15) is 11.1 Å². The Hall–Kier alpha value is -8.72. The summed E-state index contributed by atoms with van der Waals surface area (Å²) in [6, 6.07) is 97.1. The van der Waals surface area contributed by atoms with Crippen LogP contribution < -0.4 is 9.80 Å². The third-order valence-corrected chi connectivity index (χ3v) is 13.6.